The fourth-order valence-electron chi connectivity index (χ4n) is 1.75. The molecule has 0 aliphatic carbocycles. The Hall–Kier alpha value is -1.93. The van der Waals surface area contributed by atoms with Crippen LogP contribution in [0.25, 0.3) is 0 Å². The zero-order chi connectivity index (χ0) is 14.1. The van der Waals surface area contributed by atoms with E-state index in [0.717, 1.165) is 24.3 Å². The van der Waals surface area contributed by atoms with E-state index in [1.54, 1.807) is 21.3 Å². The summed E-state index contributed by atoms with van der Waals surface area (Å²) < 4.78 is 15.8. The summed E-state index contributed by atoms with van der Waals surface area (Å²) in [5.74, 6) is 2.08. The number of ether oxygens (including phenoxy) is 3. The zero-order valence-corrected chi connectivity index (χ0v) is 11.7. The largest absolute Gasteiger partial charge is 0.496 e. The first kappa shape index (κ1) is 15.1. The first-order valence-electron chi connectivity index (χ1n) is 6.13. The first-order valence-corrected chi connectivity index (χ1v) is 6.13. The lowest BCUT2D eigenvalue weighted by atomic mass is 10.1. The fourth-order valence-corrected chi connectivity index (χ4v) is 1.75. The second kappa shape index (κ2) is 8.22. The van der Waals surface area contributed by atoms with Crippen LogP contribution < -0.4 is 19.5 Å². The number of nitrogens with zero attached hydrogens (tertiary/aromatic N) is 1. The average molecular weight is 264 g/mol. The average Bonchev–Trinajstić information content (AvgIpc) is 2.46. The van der Waals surface area contributed by atoms with E-state index in [-0.39, 0.29) is 0 Å². The SMILES string of the molecule is COc1cc(OC)c(OC)cc1CNCCCC#N. The molecule has 0 saturated carbocycles. The Balaban J connectivity index is 2.73. The lowest BCUT2D eigenvalue weighted by Crippen LogP contribution is -2.15. The molecule has 5 heteroatoms. The standard InChI is InChI=1S/C14H20N2O3/c1-17-12-9-14(19-3)13(18-2)8-11(12)10-16-7-5-4-6-15/h8-9,16H,4-5,7,10H2,1-3H3. The van der Waals surface area contributed by atoms with Crippen molar-refractivity contribution in [3.63, 3.8) is 0 Å². The van der Waals surface area contributed by atoms with Crippen LogP contribution in [0.1, 0.15) is 18.4 Å². The van der Waals surface area contributed by atoms with Crippen molar-refractivity contribution in [2.24, 2.45) is 0 Å². The second-order valence-corrected chi connectivity index (χ2v) is 3.96. The van der Waals surface area contributed by atoms with Gasteiger partial charge in [0.05, 0.1) is 27.4 Å². The highest BCUT2D eigenvalue weighted by Gasteiger charge is 2.11. The summed E-state index contributed by atoms with van der Waals surface area (Å²) in [5.41, 5.74) is 0.997. The summed E-state index contributed by atoms with van der Waals surface area (Å²) in [6, 6.07) is 5.83. The normalized spacial score (nSPS) is 9.79. The summed E-state index contributed by atoms with van der Waals surface area (Å²) in [5, 5.41) is 11.7. The summed E-state index contributed by atoms with van der Waals surface area (Å²) in [4.78, 5) is 0. The number of rotatable bonds is 8. The van der Waals surface area contributed by atoms with Gasteiger partial charge in [-0.3, -0.25) is 0 Å². The van der Waals surface area contributed by atoms with Crippen LogP contribution in [-0.2, 0) is 6.54 Å². The lowest BCUT2D eigenvalue weighted by molar-refractivity contribution is 0.347. The molecule has 0 aliphatic rings. The van der Waals surface area contributed by atoms with Gasteiger partial charge in [0, 0.05) is 24.6 Å². The van der Waals surface area contributed by atoms with Gasteiger partial charge in [-0.25, -0.2) is 0 Å². The van der Waals surface area contributed by atoms with E-state index in [2.05, 4.69) is 11.4 Å². The molecule has 19 heavy (non-hydrogen) atoms. The number of hydrogen-bond acceptors (Lipinski definition) is 5. The van der Waals surface area contributed by atoms with Gasteiger partial charge in [0.25, 0.3) is 0 Å². The number of hydrogen-bond donors (Lipinski definition) is 1. The third kappa shape index (κ3) is 4.34. The van der Waals surface area contributed by atoms with Crippen molar-refractivity contribution >= 4 is 0 Å². The van der Waals surface area contributed by atoms with Gasteiger partial charge in [-0.2, -0.15) is 5.26 Å². The predicted octanol–water partition coefficient (Wildman–Crippen LogP) is 2.11. The molecule has 5 nitrogen and oxygen atoms in total. The van der Waals surface area contributed by atoms with Gasteiger partial charge in [-0.15, -0.1) is 0 Å². The topological polar surface area (TPSA) is 63.5 Å². The van der Waals surface area contributed by atoms with Gasteiger partial charge < -0.3 is 19.5 Å². The van der Waals surface area contributed by atoms with Crippen LogP contribution in [0.3, 0.4) is 0 Å². The highest BCUT2D eigenvalue weighted by atomic mass is 16.5. The minimum atomic E-state index is 0.566. The molecule has 1 N–H and O–H groups in total. The summed E-state index contributed by atoms with van der Waals surface area (Å²) in [6.07, 6.45) is 1.40. The van der Waals surface area contributed by atoms with E-state index in [4.69, 9.17) is 19.5 Å². The van der Waals surface area contributed by atoms with E-state index >= 15 is 0 Å². The van der Waals surface area contributed by atoms with Crippen LogP contribution in [0.4, 0.5) is 0 Å². The van der Waals surface area contributed by atoms with Crippen molar-refractivity contribution in [1.82, 2.24) is 5.32 Å². The van der Waals surface area contributed by atoms with Gasteiger partial charge in [0.2, 0.25) is 0 Å². The number of unbranched alkanes of at least 4 members (excludes halogenated alkanes) is 1. The summed E-state index contributed by atoms with van der Waals surface area (Å²) >= 11 is 0. The minimum Gasteiger partial charge on any atom is -0.496 e. The molecule has 0 bridgehead atoms. The molecule has 0 amide bonds. The third-order valence-electron chi connectivity index (χ3n) is 2.74. The Morgan fingerprint density at radius 3 is 2.26 bits per heavy atom. The van der Waals surface area contributed by atoms with Crippen molar-refractivity contribution in [1.29, 1.82) is 5.26 Å². The van der Waals surface area contributed by atoms with Crippen LogP contribution in [0.2, 0.25) is 0 Å². The smallest absolute Gasteiger partial charge is 0.164 e. The maximum Gasteiger partial charge on any atom is 0.164 e. The van der Waals surface area contributed by atoms with Crippen molar-refractivity contribution in [3.8, 4) is 23.3 Å². The molecule has 1 rings (SSSR count). The van der Waals surface area contributed by atoms with Crippen LogP contribution in [-0.4, -0.2) is 27.9 Å². The molecular weight excluding hydrogens is 244 g/mol. The van der Waals surface area contributed by atoms with Crippen molar-refractivity contribution in [3.05, 3.63) is 17.7 Å². The van der Waals surface area contributed by atoms with Crippen molar-refractivity contribution in [2.45, 2.75) is 19.4 Å². The molecular formula is C14H20N2O3. The van der Waals surface area contributed by atoms with Crippen LogP contribution in [0.5, 0.6) is 17.2 Å². The van der Waals surface area contributed by atoms with Gasteiger partial charge in [0.1, 0.15) is 5.75 Å². The molecule has 1 aromatic rings. The summed E-state index contributed by atoms with van der Waals surface area (Å²) in [6.45, 7) is 1.46. The third-order valence-corrected chi connectivity index (χ3v) is 2.74. The Bertz CT molecular complexity index is 441. The molecule has 0 heterocycles. The van der Waals surface area contributed by atoms with Gasteiger partial charge in [0.15, 0.2) is 11.5 Å². The Kier molecular flexibility index (Phi) is 6.55. The maximum atomic E-state index is 8.46. The van der Waals surface area contributed by atoms with Gasteiger partial charge in [-0.05, 0) is 19.0 Å². The Morgan fingerprint density at radius 1 is 1.05 bits per heavy atom. The molecule has 104 valence electrons. The lowest BCUT2D eigenvalue weighted by Gasteiger charge is -2.14. The van der Waals surface area contributed by atoms with Crippen molar-refractivity contribution < 1.29 is 14.2 Å². The van der Waals surface area contributed by atoms with E-state index in [1.807, 2.05) is 12.1 Å². The highest BCUT2D eigenvalue weighted by molar-refractivity contribution is 5.50. The quantitative estimate of drug-likeness (QED) is 0.728. The van der Waals surface area contributed by atoms with Gasteiger partial charge in [-0.1, -0.05) is 0 Å². The van der Waals surface area contributed by atoms with E-state index in [9.17, 15) is 0 Å². The highest BCUT2D eigenvalue weighted by Crippen LogP contribution is 2.34. The molecule has 0 unspecified atom stereocenters. The molecule has 0 spiro atoms. The van der Waals surface area contributed by atoms with E-state index < -0.39 is 0 Å². The Morgan fingerprint density at radius 2 is 1.68 bits per heavy atom. The predicted molar refractivity (Wildman–Crippen MR) is 72.7 cm³/mol. The van der Waals surface area contributed by atoms with Crippen molar-refractivity contribution in [2.75, 3.05) is 27.9 Å². The number of benzene rings is 1. The summed E-state index contributed by atoms with van der Waals surface area (Å²) in [7, 11) is 4.83. The van der Waals surface area contributed by atoms with Crippen LogP contribution in [0, 0.1) is 11.3 Å². The van der Waals surface area contributed by atoms with Crippen LogP contribution >= 0.6 is 0 Å². The molecule has 0 fully saturated rings. The molecule has 0 saturated heterocycles. The second-order valence-electron chi connectivity index (χ2n) is 3.96. The van der Waals surface area contributed by atoms with Crippen LogP contribution in [0.15, 0.2) is 12.1 Å². The first-order chi connectivity index (χ1) is 9.26. The molecule has 0 atom stereocenters. The maximum absolute atomic E-state index is 8.46. The van der Waals surface area contributed by atoms with Gasteiger partial charge >= 0.3 is 0 Å². The number of nitrogens with one attached hydrogen (secondary N) is 1. The molecule has 0 aliphatic heterocycles. The Labute approximate surface area is 114 Å². The molecule has 1 aromatic carbocycles. The molecule has 0 aromatic heterocycles. The van der Waals surface area contributed by atoms with E-state index in [0.29, 0.717) is 24.5 Å². The number of methoxy groups -OCH3 is 3. The fraction of sp³-hybridized carbons (Fsp3) is 0.500. The minimum absolute atomic E-state index is 0.566. The number of nitriles is 1. The zero-order valence-electron chi connectivity index (χ0n) is 11.7. The monoisotopic (exact) mass is 264 g/mol. The van der Waals surface area contributed by atoms with E-state index in [1.165, 1.54) is 0 Å². The molecule has 0 radical (unpaired) electrons.